The average molecular weight is 471 g/mol. The third-order valence-electron chi connectivity index (χ3n) is 4.23. The van der Waals surface area contributed by atoms with Crippen LogP contribution < -0.4 is 0 Å². The normalized spacial score (nSPS) is 10.1. The highest BCUT2D eigenvalue weighted by Gasteiger charge is 2.14. The fourth-order valence-electron chi connectivity index (χ4n) is 2.99. The molecular weight excluding hydrogens is 456 g/mol. The molecule has 4 aromatic heterocycles. The Hall–Kier alpha value is -2.45. The lowest BCUT2D eigenvalue weighted by Gasteiger charge is -2.05. The smallest absolute Gasteiger partial charge is 0.141 e. The van der Waals surface area contributed by atoms with Crippen molar-refractivity contribution in [1.82, 2.24) is 24.6 Å². The molecule has 1 N–H and O–H groups in total. The summed E-state index contributed by atoms with van der Waals surface area (Å²) in [5.74, 6) is -0.265. The summed E-state index contributed by atoms with van der Waals surface area (Å²) in [6.07, 6.45) is 7.48. The van der Waals surface area contributed by atoms with Gasteiger partial charge in [-0.15, -0.1) is 48.6 Å². The lowest BCUT2D eigenvalue weighted by molar-refractivity contribution is 0.628. The van der Waals surface area contributed by atoms with Gasteiger partial charge < -0.3 is 0 Å². The number of pyridine rings is 1. The summed E-state index contributed by atoms with van der Waals surface area (Å²) in [6, 6.07) is 10.3. The summed E-state index contributed by atoms with van der Waals surface area (Å²) >= 11 is 1.57. The van der Waals surface area contributed by atoms with Crippen molar-refractivity contribution in [2.75, 3.05) is 0 Å². The van der Waals surface area contributed by atoms with E-state index in [1.165, 1.54) is 12.1 Å². The number of benzene rings is 1. The first-order chi connectivity index (χ1) is 12.8. The van der Waals surface area contributed by atoms with Crippen LogP contribution in [0.1, 0.15) is 0 Å². The van der Waals surface area contributed by atoms with Crippen molar-refractivity contribution in [1.29, 1.82) is 0 Å². The Kier molecular flexibility index (Phi) is 7.37. The van der Waals surface area contributed by atoms with Crippen molar-refractivity contribution in [3.05, 3.63) is 72.4 Å². The molecule has 0 aliphatic carbocycles. The van der Waals surface area contributed by atoms with E-state index in [2.05, 4.69) is 20.2 Å². The second-order valence-corrected chi connectivity index (χ2v) is 6.68. The van der Waals surface area contributed by atoms with Gasteiger partial charge in [0.1, 0.15) is 22.2 Å². The molecule has 0 unspecified atom stereocenters. The Morgan fingerprint density at radius 1 is 0.931 bits per heavy atom. The van der Waals surface area contributed by atoms with E-state index in [0.717, 1.165) is 38.7 Å². The van der Waals surface area contributed by atoms with E-state index >= 15 is 0 Å². The Bertz CT molecular complexity index is 1200. The minimum Gasteiger partial charge on any atom is -0.297 e. The number of aromatic amines is 1. The molecule has 0 spiro atoms. The minimum absolute atomic E-state index is 0. The first-order valence-electron chi connectivity index (χ1n) is 7.97. The van der Waals surface area contributed by atoms with Gasteiger partial charge in [0, 0.05) is 40.7 Å². The molecule has 10 heteroatoms. The number of hydrogen-bond acceptors (Lipinski definition) is 4. The van der Waals surface area contributed by atoms with Gasteiger partial charge in [-0.3, -0.25) is 9.50 Å². The maximum atomic E-state index is 13.2. The number of thiazole rings is 1. The number of H-pyrrole nitrogens is 1. The Morgan fingerprint density at radius 2 is 1.69 bits per heavy atom. The van der Waals surface area contributed by atoms with Crippen LogP contribution in [0.5, 0.6) is 0 Å². The maximum absolute atomic E-state index is 13.2. The predicted octanol–water partition coefficient (Wildman–Crippen LogP) is 5.92. The quantitative estimate of drug-likeness (QED) is 0.356. The lowest BCUT2D eigenvalue weighted by atomic mass is 10.0. The Balaban J connectivity index is 0.000001000. The fourth-order valence-corrected chi connectivity index (χ4v) is 3.63. The van der Waals surface area contributed by atoms with Gasteiger partial charge in [-0.25, -0.2) is 14.4 Å². The summed E-state index contributed by atoms with van der Waals surface area (Å²) < 4.78 is 15.2. The molecule has 0 radical (unpaired) electrons. The van der Waals surface area contributed by atoms with E-state index in [0.29, 0.717) is 0 Å². The van der Waals surface area contributed by atoms with Crippen molar-refractivity contribution in [2.24, 2.45) is 0 Å². The molecule has 0 bridgehead atoms. The largest absolute Gasteiger partial charge is 0.297 e. The van der Waals surface area contributed by atoms with Crippen LogP contribution in [0.15, 0.2) is 66.6 Å². The number of imidazole rings is 1. The predicted molar refractivity (Wildman–Crippen MR) is 121 cm³/mol. The molecule has 1 aromatic carbocycles. The summed E-state index contributed by atoms with van der Waals surface area (Å²) in [5, 5.41) is 10.1. The second kappa shape index (κ2) is 9.37. The van der Waals surface area contributed by atoms with E-state index in [-0.39, 0.29) is 43.0 Å². The van der Waals surface area contributed by atoms with Gasteiger partial charge in [-0.1, -0.05) is 0 Å². The lowest BCUT2D eigenvalue weighted by Crippen LogP contribution is -1.90. The first kappa shape index (κ1) is 22.8. The van der Waals surface area contributed by atoms with Gasteiger partial charge in [0.25, 0.3) is 0 Å². The summed E-state index contributed by atoms with van der Waals surface area (Å²) in [5.41, 5.74) is 5.36. The summed E-state index contributed by atoms with van der Waals surface area (Å²) in [6.45, 7) is 0. The fraction of sp³-hybridized carbons (Fsp3) is 0. The second-order valence-electron chi connectivity index (χ2n) is 5.78. The molecule has 5 aromatic rings. The molecule has 0 saturated heterocycles. The van der Waals surface area contributed by atoms with Crippen LogP contribution in [0.25, 0.3) is 38.7 Å². The van der Waals surface area contributed by atoms with E-state index in [9.17, 15) is 4.39 Å². The molecule has 0 aliphatic rings. The SMILES string of the molecule is Cl.Cl.Cl.Fc1ccc(-c2n[nH]cc2-c2ccc3ncc(-c4nccs4)n3c2)cc1. The van der Waals surface area contributed by atoms with E-state index in [1.807, 2.05) is 40.5 Å². The maximum Gasteiger partial charge on any atom is 0.141 e. The molecule has 4 heterocycles. The molecule has 29 heavy (non-hydrogen) atoms. The van der Waals surface area contributed by atoms with Gasteiger partial charge in [0.2, 0.25) is 0 Å². The van der Waals surface area contributed by atoms with Crippen molar-refractivity contribution in [3.63, 3.8) is 0 Å². The number of fused-ring (bicyclic) bond motifs is 1. The zero-order valence-electron chi connectivity index (χ0n) is 14.7. The molecule has 0 amide bonds. The molecule has 5 rings (SSSR count). The minimum atomic E-state index is -0.265. The van der Waals surface area contributed by atoms with Crippen LogP contribution in [0.2, 0.25) is 0 Å². The van der Waals surface area contributed by atoms with Crippen LogP contribution in [0.4, 0.5) is 4.39 Å². The van der Waals surface area contributed by atoms with Crippen LogP contribution in [0.3, 0.4) is 0 Å². The third-order valence-corrected chi connectivity index (χ3v) is 5.02. The number of halogens is 4. The highest BCUT2D eigenvalue weighted by atomic mass is 35.5. The molecule has 0 saturated carbocycles. The van der Waals surface area contributed by atoms with Crippen molar-refractivity contribution in [2.45, 2.75) is 0 Å². The average Bonchev–Trinajstić information content (AvgIpc) is 3.41. The van der Waals surface area contributed by atoms with E-state index < -0.39 is 0 Å². The molecule has 0 atom stereocenters. The standard InChI is InChI=1S/C19H12FN5S.3ClH/c20-14-4-1-12(2-5-14)18-15(9-23-24-18)13-3-6-17-22-10-16(25(17)11-13)19-21-7-8-26-19;;;/h1-11H,(H,23,24);3*1H. The summed E-state index contributed by atoms with van der Waals surface area (Å²) in [7, 11) is 0. The van der Waals surface area contributed by atoms with E-state index in [1.54, 1.807) is 29.7 Å². The topological polar surface area (TPSA) is 58.9 Å². The highest BCUT2D eigenvalue weighted by Crippen LogP contribution is 2.31. The van der Waals surface area contributed by atoms with Crippen LogP contribution in [-0.4, -0.2) is 24.6 Å². The van der Waals surface area contributed by atoms with Gasteiger partial charge >= 0.3 is 0 Å². The van der Waals surface area contributed by atoms with Crippen LogP contribution in [-0.2, 0) is 0 Å². The van der Waals surface area contributed by atoms with Crippen molar-refractivity contribution >= 4 is 54.2 Å². The third kappa shape index (κ3) is 4.13. The Labute approximate surface area is 188 Å². The van der Waals surface area contributed by atoms with Gasteiger partial charge in [0.15, 0.2) is 0 Å². The number of hydrogen-bond donors (Lipinski definition) is 1. The number of aromatic nitrogens is 5. The molecule has 0 fully saturated rings. The van der Waals surface area contributed by atoms with Gasteiger partial charge in [0.05, 0.1) is 11.9 Å². The summed E-state index contributed by atoms with van der Waals surface area (Å²) in [4.78, 5) is 8.83. The van der Waals surface area contributed by atoms with Crippen LogP contribution in [0, 0.1) is 5.82 Å². The number of nitrogens with zero attached hydrogens (tertiary/aromatic N) is 4. The van der Waals surface area contributed by atoms with Crippen LogP contribution >= 0.6 is 48.6 Å². The zero-order chi connectivity index (χ0) is 17.5. The molecule has 150 valence electrons. The van der Waals surface area contributed by atoms with Crippen molar-refractivity contribution < 1.29 is 4.39 Å². The number of rotatable bonds is 3. The number of nitrogens with one attached hydrogen (secondary N) is 1. The highest BCUT2D eigenvalue weighted by molar-refractivity contribution is 7.13. The monoisotopic (exact) mass is 469 g/mol. The zero-order valence-corrected chi connectivity index (χ0v) is 17.9. The molecule has 0 aliphatic heterocycles. The van der Waals surface area contributed by atoms with Gasteiger partial charge in [-0.05, 0) is 36.4 Å². The van der Waals surface area contributed by atoms with Crippen molar-refractivity contribution in [3.8, 4) is 33.1 Å². The Morgan fingerprint density at radius 3 is 2.41 bits per heavy atom. The molecular formula is C19H15Cl3FN5S. The molecule has 5 nitrogen and oxygen atoms in total. The van der Waals surface area contributed by atoms with E-state index in [4.69, 9.17) is 0 Å². The first-order valence-corrected chi connectivity index (χ1v) is 8.84. The van der Waals surface area contributed by atoms with Gasteiger partial charge in [-0.2, -0.15) is 5.10 Å².